The predicted octanol–water partition coefficient (Wildman–Crippen LogP) is 5.51. The average molecular weight is 478 g/mol. The summed E-state index contributed by atoms with van der Waals surface area (Å²) in [5, 5.41) is 6.50. The van der Waals surface area contributed by atoms with Gasteiger partial charge in [0, 0.05) is 21.3 Å². The van der Waals surface area contributed by atoms with Crippen LogP contribution in [0.1, 0.15) is 10.4 Å². The van der Waals surface area contributed by atoms with E-state index in [4.69, 9.17) is 23.2 Å². The molecule has 0 bridgehead atoms. The lowest BCUT2D eigenvalue weighted by atomic mass is 10.2. The molecule has 0 saturated heterocycles. The highest BCUT2D eigenvalue weighted by molar-refractivity contribution is 8.15. The van der Waals surface area contributed by atoms with Crippen molar-refractivity contribution in [1.29, 1.82) is 0 Å². The van der Waals surface area contributed by atoms with Crippen LogP contribution in [0.15, 0.2) is 80.9 Å². The molecule has 1 aliphatic rings. The van der Waals surface area contributed by atoms with Crippen molar-refractivity contribution in [2.24, 2.45) is 4.40 Å². The maximum atomic E-state index is 12.7. The van der Waals surface area contributed by atoms with Gasteiger partial charge in [-0.3, -0.25) is 4.79 Å². The number of anilines is 2. The number of carbonyl (C=O) groups excluding carboxylic acids is 1. The lowest BCUT2D eigenvalue weighted by Crippen LogP contribution is -2.18. The monoisotopic (exact) mass is 477 g/mol. The van der Waals surface area contributed by atoms with E-state index in [0.717, 1.165) is 11.8 Å². The van der Waals surface area contributed by atoms with E-state index in [1.165, 1.54) is 12.1 Å². The Balaban J connectivity index is 1.63. The first kappa shape index (κ1) is 20.7. The molecule has 1 amide bonds. The number of benzene rings is 3. The smallest absolute Gasteiger partial charge is 0.285 e. The van der Waals surface area contributed by atoms with Gasteiger partial charge in [0.05, 0.1) is 10.6 Å². The summed E-state index contributed by atoms with van der Waals surface area (Å²) in [6.45, 7) is 0. The molecule has 3 aromatic rings. The lowest BCUT2D eigenvalue weighted by molar-refractivity contribution is 0.102. The molecule has 1 aliphatic heterocycles. The van der Waals surface area contributed by atoms with E-state index in [0.29, 0.717) is 21.3 Å². The fraction of sp³-hybridized carbons (Fsp3) is 0. The van der Waals surface area contributed by atoms with E-state index in [-0.39, 0.29) is 20.6 Å². The Hall–Kier alpha value is -2.52. The highest BCUT2D eigenvalue weighted by atomic mass is 35.5. The van der Waals surface area contributed by atoms with Crippen LogP contribution < -0.4 is 10.6 Å². The highest BCUT2D eigenvalue weighted by Gasteiger charge is 2.29. The van der Waals surface area contributed by atoms with Gasteiger partial charge in [0.25, 0.3) is 15.9 Å². The van der Waals surface area contributed by atoms with E-state index in [1.807, 2.05) is 18.2 Å². The zero-order valence-electron chi connectivity index (χ0n) is 15.1. The zero-order chi connectivity index (χ0) is 21.3. The van der Waals surface area contributed by atoms with E-state index < -0.39 is 15.9 Å². The molecule has 0 unspecified atom stereocenters. The van der Waals surface area contributed by atoms with Gasteiger partial charge in [-0.25, -0.2) is 0 Å². The van der Waals surface area contributed by atoms with Crippen LogP contribution in [0.25, 0.3) is 0 Å². The molecule has 4 rings (SSSR count). The molecule has 0 aromatic heterocycles. The van der Waals surface area contributed by atoms with Crippen molar-refractivity contribution in [3.8, 4) is 0 Å². The molecule has 1 heterocycles. The lowest BCUT2D eigenvalue weighted by Gasteiger charge is -2.18. The number of amides is 1. The first-order valence-corrected chi connectivity index (χ1v) is 11.6. The number of hydrogen-bond donors (Lipinski definition) is 2. The van der Waals surface area contributed by atoms with Gasteiger partial charge >= 0.3 is 0 Å². The van der Waals surface area contributed by atoms with Gasteiger partial charge in [0.2, 0.25) is 0 Å². The quantitative estimate of drug-likeness (QED) is 0.519. The molecular formula is C20H13Cl2N3O3S2. The molecule has 10 heteroatoms. The van der Waals surface area contributed by atoms with Gasteiger partial charge in [0.15, 0.2) is 5.17 Å². The van der Waals surface area contributed by atoms with Crippen LogP contribution in [0, 0.1) is 0 Å². The number of amidine groups is 1. The third-order valence-electron chi connectivity index (χ3n) is 4.09. The van der Waals surface area contributed by atoms with Gasteiger partial charge in [-0.05, 0) is 60.3 Å². The Labute approximate surface area is 187 Å². The summed E-state index contributed by atoms with van der Waals surface area (Å²) in [6.07, 6.45) is 0. The van der Waals surface area contributed by atoms with Crippen molar-refractivity contribution in [2.45, 2.75) is 9.79 Å². The zero-order valence-corrected chi connectivity index (χ0v) is 18.2. The Kier molecular flexibility index (Phi) is 5.75. The number of nitrogens with zero attached hydrogens (tertiary/aromatic N) is 1. The number of rotatable bonds is 3. The molecule has 3 aromatic carbocycles. The maximum Gasteiger partial charge on any atom is 0.285 e. The molecule has 6 nitrogen and oxygen atoms in total. The van der Waals surface area contributed by atoms with Gasteiger partial charge in [-0.15, -0.1) is 4.40 Å². The van der Waals surface area contributed by atoms with Crippen molar-refractivity contribution < 1.29 is 13.2 Å². The van der Waals surface area contributed by atoms with Crippen molar-refractivity contribution in [3.05, 3.63) is 82.3 Å². The Morgan fingerprint density at radius 1 is 0.933 bits per heavy atom. The second-order valence-electron chi connectivity index (χ2n) is 6.20. The second-order valence-corrected chi connectivity index (χ2v) is 9.65. The van der Waals surface area contributed by atoms with Crippen LogP contribution in [0.4, 0.5) is 11.4 Å². The number of fused-ring (bicyclic) bond motifs is 1. The van der Waals surface area contributed by atoms with Gasteiger partial charge in [-0.1, -0.05) is 41.4 Å². The minimum Gasteiger partial charge on any atom is -0.334 e. The van der Waals surface area contributed by atoms with E-state index in [2.05, 4.69) is 15.0 Å². The number of para-hydroxylation sites is 1. The van der Waals surface area contributed by atoms with E-state index in [9.17, 15) is 13.2 Å². The molecule has 152 valence electrons. The molecule has 0 aliphatic carbocycles. The molecule has 2 N–H and O–H groups in total. The normalized spacial score (nSPS) is 14.4. The summed E-state index contributed by atoms with van der Waals surface area (Å²) < 4.78 is 29.3. The Bertz CT molecular complexity index is 1260. The standard InChI is InChI=1S/C20H13Cl2N3O3S2/c21-12-6-8-14(9-7-12)23-19(26)15-10-18-17(11-16(15)22)29-20(25-30(18,27)28)24-13-4-2-1-3-5-13/h1-11H,(H,23,26)(H,24,25). The second kappa shape index (κ2) is 8.31. The molecule has 0 radical (unpaired) electrons. The molecule has 0 saturated carbocycles. The summed E-state index contributed by atoms with van der Waals surface area (Å²) in [5.74, 6) is -0.539. The number of nitrogens with one attached hydrogen (secondary N) is 2. The van der Waals surface area contributed by atoms with Crippen LogP contribution in [-0.2, 0) is 10.0 Å². The van der Waals surface area contributed by atoms with Crippen molar-refractivity contribution >= 4 is 67.4 Å². The van der Waals surface area contributed by atoms with Gasteiger partial charge in [-0.2, -0.15) is 8.42 Å². The molecular weight excluding hydrogens is 465 g/mol. The molecule has 0 atom stereocenters. The Morgan fingerprint density at radius 3 is 2.33 bits per heavy atom. The topological polar surface area (TPSA) is 87.6 Å². The fourth-order valence-corrected chi connectivity index (χ4v) is 5.68. The third-order valence-corrected chi connectivity index (χ3v) is 7.16. The number of halogens is 2. The fourth-order valence-electron chi connectivity index (χ4n) is 2.70. The Morgan fingerprint density at radius 2 is 1.63 bits per heavy atom. The van der Waals surface area contributed by atoms with E-state index >= 15 is 0 Å². The SMILES string of the molecule is O=C(Nc1ccc(Cl)cc1)c1cc2c(cc1Cl)SC(Nc1ccccc1)=NS2(=O)=O. The number of carbonyl (C=O) groups is 1. The highest BCUT2D eigenvalue weighted by Crippen LogP contribution is 2.38. The number of thioether (sulfide) groups is 1. The number of hydrogen-bond acceptors (Lipinski definition) is 5. The number of sulfonamides is 1. The minimum absolute atomic E-state index is 0.0317. The summed E-state index contributed by atoms with van der Waals surface area (Å²) in [6, 6.07) is 18.3. The van der Waals surface area contributed by atoms with Crippen LogP contribution >= 0.6 is 35.0 Å². The van der Waals surface area contributed by atoms with Crippen LogP contribution in [0.3, 0.4) is 0 Å². The van der Waals surface area contributed by atoms with Crippen molar-refractivity contribution in [1.82, 2.24) is 0 Å². The largest absolute Gasteiger partial charge is 0.334 e. The van der Waals surface area contributed by atoms with Crippen LogP contribution in [-0.4, -0.2) is 19.5 Å². The summed E-state index contributed by atoms with van der Waals surface area (Å²) in [7, 11) is -4.01. The summed E-state index contributed by atoms with van der Waals surface area (Å²) >= 11 is 13.3. The predicted molar refractivity (Wildman–Crippen MR) is 121 cm³/mol. The average Bonchev–Trinajstić information content (AvgIpc) is 2.69. The van der Waals surface area contributed by atoms with Crippen molar-refractivity contribution in [3.63, 3.8) is 0 Å². The third kappa shape index (κ3) is 4.46. The van der Waals surface area contributed by atoms with Gasteiger partial charge in [0.1, 0.15) is 4.90 Å². The first-order chi connectivity index (χ1) is 14.3. The first-order valence-electron chi connectivity index (χ1n) is 8.57. The maximum absolute atomic E-state index is 12.7. The molecule has 0 fully saturated rings. The van der Waals surface area contributed by atoms with Crippen molar-refractivity contribution in [2.75, 3.05) is 10.6 Å². The molecule has 30 heavy (non-hydrogen) atoms. The van der Waals surface area contributed by atoms with Gasteiger partial charge < -0.3 is 10.6 Å². The minimum atomic E-state index is -4.01. The van der Waals surface area contributed by atoms with Crippen LogP contribution in [0.5, 0.6) is 0 Å². The summed E-state index contributed by atoms with van der Waals surface area (Å²) in [4.78, 5) is 13.0. The summed E-state index contributed by atoms with van der Waals surface area (Å²) in [5.41, 5.74) is 1.24. The molecule has 0 spiro atoms. The van der Waals surface area contributed by atoms with Crippen LogP contribution in [0.2, 0.25) is 10.0 Å². The van der Waals surface area contributed by atoms with E-state index in [1.54, 1.807) is 36.4 Å².